The molecular formula is C38H26O8. The number of benzene rings is 5. The summed E-state index contributed by atoms with van der Waals surface area (Å²) in [7, 11) is 0. The summed E-state index contributed by atoms with van der Waals surface area (Å²) in [5.41, 5.74) is 2.61. The van der Waals surface area contributed by atoms with Crippen LogP contribution in [0, 0.1) is 0 Å². The minimum absolute atomic E-state index is 0.250. The molecule has 8 nitrogen and oxygen atoms in total. The second-order valence-electron chi connectivity index (χ2n) is 9.73. The van der Waals surface area contributed by atoms with Crippen molar-refractivity contribution in [3.05, 3.63) is 136 Å². The summed E-state index contributed by atoms with van der Waals surface area (Å²) in [5.74, 6) is -1.46. The maximum atomic E-state index is 12.3. The van der Waals surface area contributed by atoms with Gasteiger partial charge in [-0.2, -0.15) is 0 Å². The van der Waals surface area contributed by atoms with Gasteiger partial charge in [-0.25, -0.2) is 19.2 Å². The summed E-state index contributed by atoms with van der Waals surface area (Å²) in [6.07, 6.45) is 4.25. The number of ether oxygens (including phenoxy) is 4. The molecule has 0 saturated carbocycles. The highest BCUT2D eigenvalue weighted by Gasteiger charge is 2.18. The number of carbonyl (C=O) groups is 4. The van der Waals surface area contributed by atoms with Crippen LogP contribution in [0.1, 0.15) is 0 Å². The number of esters is 4. The van der Waals surface area contributed by atoms with Crippen LogP contribution in [-0.4, -0.2) is 23.9 Å². The van der Waals surface area contributed by atoms with Gasteiger partial charge in [0, 0.05) is 35.3 Å². The Balaban J connectivity index is 1.77. The molecule has 8 heteroatoms. The van der Waals surface area contributed by atoms with Gasteiger partial charge in [-0.1, -0.05) is 62.7 Å². The zero-order valence-electron chi connectivity index (χ0n) is 24.5. The molecule has 0 atom stereocenters. The minimum atomic E-state index is -0.652. The summed E-state index contributed by atoms with van der Waals surface area (Å²) < 4.78 is 21.9. The van der Waals surface area contributed by atoms with Crippen molar-refractivity contribution in [3.63, 3.8) is 0 Å². The van der Waals surface area contributed by atoms with Crippen LogP contribution in [0.5, 0.6) is 23.0 Å². The Morgan fingerprint density at radius 3 is 1.74 bits per heavy atom. The number of rotatable bonds is 10. The van der Waals surface area contributed by atoms with Crippen LogP contribution in [0.25, 0.3) is 43.8 Å². The molecule has 0 fully saturated rings. The zero-order valence-corrected chi connectivity index (χ0v) is 24.5. The third-order valence-electron chi connectivity index (χ3n) is 6.87. The molecule has 0 aliphatic heterocycles. The number of hydrogen-bond donors (Lipinski definition) is 0. The van der Waals surface area contributed by atoms with Gasteiger partial charge in [0.1, 0.15) is 23.0 Å². The Bertz CT molecular complexity index is 2100. The van der Waals surface area contributed by atoms with Crippen molar-refractivity contribution in [1.82, 2.24) is 0 Å². The van der Waals surface area contributed by atoms with Gasteiger partial charge < -0.3 is 18.9 Å². The van der Waals surface area contributed by atoms with E-state index in [1.165, 1.54) is 0 Å². The summed E-state index contributed by atoms with van der Waals surface area (Å²) in [5, 5.41) is 2.72. The topological polar surface area (TPSA) is 105 Å². The fourth-order valence-corrected chi connectivity index (χ4v) is 4.89. The predicted octanol–water partition coefficient (Wildman–Crippen LogP) is 7.69. The average Bonchev–Trinajstić information content (AvgIpc) is 3.07. The highest BCUT2D eigenvalue weighted by molar-refractivity contribution is 6.17. The number of hydrogen-bond acceptors (Lipinski definition) is 8. The van der Waals surface area contributed by atoms with Crippen molar-refractivity contribution in [2.24, 2.45) is 0 Å². The summed E-state index contributed by atoms with van der Waals surface area (Å²) in [6.45, 7) is 13.9. The Hall–Kier alpha value is -6.54. The second-order valence-corrected chi connectivity index (χ2v) is 9.73. The molecule has 0 bridgehead atoms. The summed E-state index contributed by atoms with van der Waals surface area (Å²) >= 11 is 0. The van der Waals surface area contributed by atoms with Crippen LogP contribution in [0.15, 0.2) is 136 Å². The van der Waals surface area contributed by atoms with E-state index in [2.05, 4.69) is 26.3 Å². The van der Waals surface area contributed by atoms with E-state index in [9.17, 15) is 19.2 Å². The third-order valence-corrected chi connectivity index (χ3v) is 6.87. The lowest BCUT2D eigenvalue weighted by molar-refractivity contribution is -0.129. The van der Waals surface area contributed by atoms with Crippen molar-refractivity contribution >= 4 is 45.4 Å². The van der Waals surface area contributed by atoms with E-state index >= 15 is 0 Å². The maximum absolute atomic E-state index is 12.3. The minimum Gasteiger partial charge on any atom is -0.423 e. The maximum Gasteiger partial charge on any atom is 0.335 e. The molecule has 0 unspecified atom stereocenters. The molecule has 5 aromatic rings. The number of fused-ring (bicyclic) bond motifs is 3. The first-order chi connectivity index (χ1) is 22.2. The number of carbonyl (C=O) groups excluding carboxylic acids is 4. The van der Waals surface area contributed by atoms with Gasteiger partial charge in [0.2, 0.25) is 0 Å². The van der Waals surface area contributed by atoms with Gasteiger partial charge in [-0.3, -0.25) is 0 Å². The molecule has 0 spiro atoms. The summed E-state index contributed by atoms with van der Waals surface area (Å²) in [6, 6.07) is 24.4. The van der Waals surface area contributed by atoms with Gasteiger partial charge in [0.05, 0.1) is 0 Å². The second kappa shape index (κ2) is 13.4. The van der Waals surface area contributed by atoms with Crippen LogP contribution >= 0.6 is 0 Å². The van der Waals surface area contributed by atoms with Gasteiger partial charge >= 0.3 is 23.9 Å². The molecule has 226 valence electrons. The van der Waals surface area contributed by atoms with Gasteiger partial charge in [-0.15, -0.1) is 0 Å². The van der Waals surface area contributed by atoms with Gasteiger partial charge in [0.15, 0.2) is 0 Å². The van der Waals surface area contributed by atoms with Gasteiger partial charge in [-0.05, 0) is 81.4 Å². The Morgan fingerprint density at radius 2 is 1.07 bits per heavy atom. The standard InChI is InChI=1S/C38H26O8/c1-5-34(39)43-26-12-9-11-23(19-26)30-21-24(16-18-32(30)45-36(41)7-3)29-20-25-15-17-27(44-35(40)6-2)22-31(25)38-28(29)13-10-14-33(38)46-37(42)8-4/h5-22H,1-4H2. The Kier molecular flexibility index (Phi) is 9.00. The summed E-state index contributed by atoms with van der Waals surface area (Å²) in [4.78, 5) is 48.4. The fraction of sp³-hybridized carbons (Fsp3) is 0. The highest BCUT2D eigenvalue weighted by Crippen LogP contribution is 2.43. The molecule has 0 amide bonds. The van der Waals surface area contributed by atoms with E-state index in [1.54, 1.807) is 66.7 Å². The zero-order chi connectivity index (χ0) is 32.8. The van der Waals surface area contributed by atoms with Crippen LogP contribution in [0.3, 0.4) is 0 Å². The van der Waals surface area contributed by atoms with E-state index in [1.807, 2.05) is 18.2 Å². The molecule has 5 rings (SSSR count). The molecule has 0 radical (unpaired) electrons. The average molecular weight is 611 g/mol. The first-order valence-corrected chi connectivity index (χ1v) is 13.9. The lowest BCUT2D eigenvalue weighted by Crippen LogP contribution is -2.05. The van der Waals surface area contributed by atoms with Crippen molar-refractivity contribution in [2.75, 3.05) is 0 Å². The largest absolute Gasteiger partial charge is 0.423 e. The van der Waals surface area contributed by atoms with E-state index in [0.29, 0.717) is 27.3 Å². The lowest BCUT2D eigenvalue weighted by atomic mass is 9.91. The van der Waals surface area contributed by atoms with Crippen molar-refractivity contribution in [3.8, 4) is 45.3 Å². The first kappa shape index (κ1) is 30.9. The Morgan fingerprint density at radius 1 is 0.478 bits per heavy atom. The highest BCUT2D eigenvalue weighted by atomic mass is 16.5. The molecule has 0 N–H and O–H groups in total. The molecule has 0 heterocycles. The van der Waals surface area contributed by atoms with Crippen LogP contribution < -0.4 is 18.9 Å². The first-order valence-electron chi connectivity index (χ1n) is 13.9. The normalized spacial score (nSPS) is 10.4. The van der Waals surface area contributed by atoms with Crippen molar-refractivity contribution in [2.45, 2.75) is 0 Å². The fourth-order valence-electron chi connectivity index (χ4n) is 4.89. The van der Waals surface area contributed by atoms with Crippen molar-refractivity contribution in [1.29, 1.82) is 0 Å². The quantitative estimate of drug-likeness (QED) is 0.0686. The van der Waals surface area contributed by atoms with E-state index in [4.69, 9.17) is 18.9 Å². The smallest absolute Gasteiger partial charge is 0.335 e. The molecule has 0 aliphatic rings. The van der Waals surface area contributed by atoms with E-state index < -0.39 is 23.9 Å². The van der Waals surface area contributed by atoms with Crippen LogP contribution in [0.4, 0.5) is 0 Å². The molecule has 0 saturated heterocycles. The van der Waals surface area contributed by atoms with E-state index in [0.717, 1.165) is 40.8 Å². The lowest BCUT2D eigenvalue weighted by Gasteiger charge is -2.17. The molecule has 5 aromatic carbocycles. The van der Waals surface area contributed by atoms with Crippen LogP contribution in [-0.2, 0) is 19.2 Å². The Labute approximate surface area is 264 Å². The third kappa shape index (κ3) is 6.51. The monoisotopic (exact) mass is 610 g/mol. The molecule has 46 heavy (non-hydrogen) atoms. The van der Waals surface area contributed by atoms with E-state index in [-0.39, 0.29) is 23.0 Å². The van der Waals surface area contributed by atoms with Gasteiger partial charge in [0.25, 0.3) is 0 Å². The van der Waals surface area contributed by atoms with Crippen molar-refractivity contribution < 1.29 is 38.1 Å². The van der Waals surface area contributed by atoms with Crippen LogP contribution in [0.2, 0.25) is 0 Å². The molecular weight excluding hydrogens is 584 g/mol. The SMILES string of the molecule is C=CC(=O)Oc1cccc(-c2cc(-c3cc4ccc(OC(=O)C=C)cc4c4c(OC(=O)C=C)cccc34)ccc2OC(=O)C=C)c1. The molecule has 0 aromatic heterocycles. The molecule has 0 aliphatic carbocycles. The predicted molar refractivity (Wildman–Crippen MR) is 176 cm³/mol.